The highest BCUT2D eigenvalue weighted by Gasteiger charge is 2.12. The molecule has 0 radical (unpaired) electrons. The molecule has 0 bridgehead atoms. The van der Waals surface area contributed by atoms with Crippen LogP contribution in [0.1, 0.15) is 12.7 Å². The molecule has 19 heavy (non-hydrogen) atoms. The van der Waals surface area contributed by atoms with E-state index in [0.717, 1.165) is 12.4 Å². The summed E-state index contributed by atoms with van der Waals surface area (Å²) >= 11 is 0. The Labute approximate surface area is 114 Å². The van der Waals surface area contributed by atoms with Gasteiger partial charge in [0.2, 0.25) is 10.0 Å². The molecule has 7 nitrogen and oxygen atoms in total. The number of rotatable bonds is 7. The highest BCUT2D eigenvalue weighted by Crippen LogP contribution is 2.10. The Kier molecular flexibility index (Phi) is 5.49. The van der Waals surface area contributed by atoms with Gasteiger partial charge in [-0.05, 0) is 13.8 Å². The maximum Gasteiger partial charge on any atom is 0.215 e. The minimum atomic E-state index is -3.19. The molecule has 1 heterocycles. The van der Waals surface area contributed by atoms with Gasteiger partial charge in [0.1, 0.15) is 17.5 Å². The summed E-state index contributed by atoms with van der Waals surface area (Å²) in [5.41, 5.74) is 0. The smallest absolute Gasteiger partial charge is 0.215 e. The number of nitrogens with zero attached hydrogens (tertiary/aromatic N) is 3. The Morgan fingerprint density at radius 1 is 1.21 bits per heavy atom. The molecule has 0 unspecified atom stereocenters. The molecule has 0 aliphatic rings. The third-order valence-corrected chi connectivity index (χ3v) is 4.25. The molecule has 1 aromatic heterocycles. The van der Waals surface area contributed by atoms with E-state index in [1.807, 2.05) is 6.92 Å². The van der Waals surface area contributed by atoms with Crippen molar-refractivity contribution < 1.29 is 8.42 Å². The number of hydrogen-bond acceptors (Lipinski definition) is 6. The van der Waals surface area contributed by atoms with E-state index in [-0.39, 0.29) is 5.75 Å². The Morgan fingerprint density at radius 2 is 1.79 bits per heavy atom. The van der Waals surface area contributed by atoms with Gasteiger partial charge in [0, 0.05) is 33.3 Å². The molecule has 0 aromatic carbocycles. The van der Waals surface area contributed by atoms with Crippen molar-refractivity contribution in [1.29, 1.82) is 0 Å². The van der Waals surface area contributed by atoms with Gasteiger partial charge in [-0.3, -0.25) is 0 Å². The molecule has 1 rings (SSSR count). The van der Waals surface area contributed by atoms with Crippen molar-refractivity contribution in [2.45, 2.75) is 13.8 Å². The molecule has 0 spiro atoms. The average Bonchev–Trinajstić information content (AvgIpc) is 2.28. The van der Waals surface area contributed by atoms with Crippen molar-refractivity contribution in [3.05, 3.63) is 11.9 Å². The van der Waals surface area contributed by atoms with Crippen LogP contribution in [-0.4, -0.2) is 55.6 Å². The first-order chi connectivity index (χ1) is 8.85. The van der Waals surface area contributed by atoms with Crippen LogP contribution in [0.5, 0.6) is 0 Å². The molecule has 0 aliphatic heterocycles. The summed E-state index contributed by atoms with van der Waals surface area (Å²) in [4.78, 5) is 8.43. The second kappa shape index (κ2) is 6.67. The Bertz CT molecular complexity index is 516. The van der Waals surface area contributed by atoms with E-state index >= 15 is 0 Å². The standard InChI is InChI=1S/C11H21N5O2S/c1-5-12-10-8-11(15-9(2)14-10)13-6-7-19(17,18)16(3)4/h8H,5-7H2,1-4H3,(H2,12,13,14,15). The number of aromatic nitrogens is 2. The summed E-state index contributed by atoms with van der Waals surface area (Å²) < 4.78 is 24.4. The van der Waals surface area contributed by atoms with Gasteiger partial charge in [-0.15, -0.1) is 0 Å². The number of aryl methyl sites for hydroxylation is 1. The van der Waals surface area contributed by atoms with E-state index in [1.165, 1.54) is 18.4 Å². The number of anilines is 2. The predicted octanol–water partition coefficient (Wildman–Crippen LogP) is 0.520. The van der Waals surface area contributed by atoms with Crippen molar-refractivity contribution >= 4 is 21.7 Å². The van der Waals surface area contributed by atoms with E-state index in [4.69, 9.17) is 0 Å². The van der Waals surface area contributed by atoms with Crippen molar-refractivity contribution in [2.75, 3.05) is 43.6 Å². The fraction of sp³-hybridized carbons (Fsp3) is 0.636. The number of hydrogen-bond donors (Lipinski definition) is 2. The summed E-state index contributed by atoms with van der Waals surface area (Å²) in [6.45, 7) is 4.85. The Morgan fingerprint density at radius 3 is 2.32 bits per heavy atom. The van der Waals surface area contributed by atoms with Crippen LogP contribution in [0, 0.1) is 6.92 Å². The van der Waals surface area contributed by atoms with Crippen molar-refractivity contribution in [2.24, 2.45) is 0 Å². The quantitative estimate of drug-likeness (QED) is 0.760. The first-order valence-electron chi connectivity index (χ1n) is 6.09. The van der Waals surface area contributed by atoms with Gasteiger partial charge in [0.05, 0.1) is 5.75 Å². The third-order valence-electron chi connectivity index (χ3n) is 2.42. The summed E-state index contributed by atoms with van der Waals surface area (Å²) in [5.74, 6) is 2.02. The molecule has 108 valence electrons. The molecule has 8 heteroatoms. The topological polar surface area (TPSA) is 87.2 Å². The van der Waals surface area contributed by atoms with Crippen LogP contribution in [0.25, 0.3) is 0 Å². The summed E-state index contributed by atoms with van der Waals surface area (Å²) in [6.07, 6.45) is 0. The van der Waals surface area contributed by atoms with Gasteiger partial charge in [-0.1, -0.05) is 0 Å². The zero-order chi connectivity index (χ0) is 14.5. The molecule has 1 aromatic rings. The molecular formula is C11H21N5O2S. The van der Waals surface area contributed by atoms with Crippen LogP contribution in [0.15, 0.2) is 6.07 Å². The summed E-state index contributed by atoms with van der Waals surface area (Å²) in [7, 11) is -0.144. The van der Waals surface area contributed by atoms with Gasteiger partial charge in [0.25, 0.3) is 0 Å². The first kappa shape index (κ1) is 15.6. The normalized spacial score (nSPS) is 11.6. The molecule has 0 aliphatic carbocycles. The van der Waals surface area contributed by atoms with Crippen LogP contribution >= 0.6 is 0 Å². The third kappa shape index (κ3) is 4.99. The van der Waals surface area contributed by atoms with Crippen LogP contribution in [0.3, 0.4) is 0 Å². The highest BCUT2D eigenvalue weighted by molar-refractivity contribution is 7.89. The van der Waals surface area contributed by atoms with E-state index in [2.05, 4.69) is 20.6 Å². The summed E-state index contributed by atoms with van der Waals surface area (Å²) in [5, 5.41) is 6.09. The van der Waals surface area contributed by atoms with Gasteiger partial charge in [0.15, 0.2) is 0 Å². The largest absolute Gasteiger partial charge is 0.370 e. The monoisotopic (exact) mass is 287 g/mol. The Hall–Kier alpha value is -1.41. The van der Waals surface area contributed by atoms with E-state index in [1.54, 1.807) is 13.0 Å². The fourth-order valence-electron chi connectivity index (χ4n) is 1.42. The van der Waals surface area contributed by atoms with E-state index in [0.29, 0.717) is 18.2 Å². The molecule has 0 saturated heterocycles. The molecule has 2 N–H and O–H groups in total. The van der Waals surface area contributed by atoms with E-state index in [9.17, 15) is 8.42 Å². The second-order valence-electron chi connectivity index (χ2n) is 4.24. The second-order valence-corrected chi connectivity index (χ2v) is 6.54. The minimum Gasteiger partial charge on any atom is -0.370 e. The lowest BCUT2D eigenvalue weighted by Gasteiger charge is -2.12. The van der Waals surface area contributed by atoms with Crippen LogP contribution in [0.4, 0.5) is 11.6 Å². The van der Waals surface area contributed by atoms with Gasteiger partial charge < -0.3 is 10.6 Å². The molecule has 0 saturated carbocycles. The van der Waals surface area contributed by atoms with Crippen LogP contribution in [-0.2, 0) is 10.0 Å². The number of sulfonamides is 1. The van der Waals surface area contributed by atoms with Crippen LogP contribution < -0.4 is 10.6 Å². The lowest BCUT2D eigenvalue weighted by Crippen LogP contribution is -2.28. The van der Waals surface area contributed by atoms with E-state index < -0.39 is 10.0 Å². The van der Waals surface area contributed by atoms with Crippen molar-refractivity contribution in [1.82, 2.24) is 14.3 Å². The van der Waals surface area contributed by atoms with Gasteiger partial charge >= 0.3 is 0 Å². The zero-order valence-corrected chi connectivity index (χ0v) is 12.6. The molecular weight excluding hydrogens is 266 g/mol. The van der Waals surface area contributed by atoms with Crippen LogP contribution in [0.2, 0.25) is 0 Å². The first-order valence-corrected chi connectivity index (χ1v) is 7.69. The number of nitrogens with one attached hydrogen (secondary N) is 2. The van der Waals surface area contributed by atoms with Gasteiger partial charge in [-0.25, -0.2) is 22.7 Å². The molecule has 0 amide bonds. The maximum absolute atomic E-state index is 11.6. The minimum absolute atomic E-state index is 0.0274. The fourth-order valence-corrected chi connectivity index (χ4v) is 2.15. The van der Waals surface area contributed by atoms with Gasteiger partial charge in [-0.2, -0.15) is 0 Å². The predicted molar refractivity (Wildman–Crippen MR) is 76.9 cm³/mol. The lowest BCUT2D eigenvalue weighted by atomic mass is 10.4. The maximum atomic E-state index is 11.6. The van der Waals surface area contributed by atoms with Crippen molar-refractivity contribution in [3.8, 4) is 0 Å². The lowest BCUT2D eigenvalue weighted by molar-refractivity contribution is 0.521. The van der Waals surface area contributed by atoms with Crippen molar-refractivity contribution in [3.63, 3.8) is 0 Å². The average molecular weight is 287 g/mol. The molecule has 0 atom stereocenters. The SMILES string of the molecule is CCNc1cc(NCCS(=O)(=O)N(C)C)nc(C)n1. The zero-order valence-electron chi connectivity index (χ0n) is 11.8. The highest BCUT2D eigenvalue weighted by atomic mass is 32.2. The summed E-state index contributed by atoms with van der Waals surface area (Å²) in [6, 6.07) is 1.76. The molecule has 0 fully saturated rings. The Balaban J connectivity index is 2.63.